The minimum atomic E-state index is 0.0106. The van der Waals surface area contributed by atoms with Crippen LogP contribution in [0.2, 0.25) is 0 Å². The number of carbonyl (C=O) groups excluding carboxylic acids is 1. The standard InChI is InChI=1S/C19H28N2O3/c1-23-15-17-7-8-21(13-17)19(22)11-18-14-20(9-10-24-18)12-16-5-3-2-4-6-16/h2-6,17-18H,7-15H2,1H3/t17-,18-/m1/s1. The number of hydrogen-bond donors (Lipinski definition) is 0. The van der Waals surface area contributed by atoms with E-state index in [1.54, 1.807) is 7.11 Å². The molecular weight excluding hydrogens is 304 g/mol. The molecule has 0 unspecified atom stereocenters. The fourth-order valence-electron chi connectivity index (χ4n) is 3.64. The number of morpholine rings is 1. The monoisotopic (exact) mass is 332 g/mol. The third-order valence-corrected chi connectivity index (χ3v) is 4.92. The molecule has 5 nitrogen and oxygen atoms in total. The van der Waals surface area contributed by atoms with Crippen molar-refractivity contribution in [3.63, 3.8) is 0 Å². The summed E-state index contributed by atoms with van der Waals surface area (Å²) < 4.78 is 11.0. The van der Waals surface area contributed by atoms with Crippen molar-refractivity contribution in [1.82, 2.24) is 9.80 Å². The Bertz CT molecular complexity index is 523. The fourth-order valence-corrected chi connectivity index (χ4v) is 3.64. The van der Waals surface area contributed by atoms with Crippen molar-refractivity contribution in [3.8, 4) is 0 Å². The molecule has 1 aromatic rings. The van der Waals surface area contributed by atoms with Gasteiger partial charge in [0.15, 0.2) is 0 Å². The Hall–Kier alpha value is -1.43. The highest BCUT2D eigenvalue weighted by Crippen LogP contribution is 2.19. The smallest absolute Gasteiger partial charge is 0.225 e. The van der Waals surface area contributed by atoms with Crippen LogP contribution in [0.1, 0.15) is 18.4 Å². The van der Waals surface area contributed by atoms with Gasteiger partial charge in [-0.25, -0.2) is 0 Å². The van der Waals surface area contributed by atoms with Gasteiger partial charge in [0.1, 0.15) is 0 Å². The number of rotatable bonds is 6. The number of nitrogens with zero attached hydrogens (tertiary/aromatic N) is 2. The molecule has 3 rings (SSSR count). The van der Waals surface area contributed by atoms with E-state index < -0.39 is 0 Å². The third kappa shape index (κ3) is 4.79. The third-order valence-electron chi connectivity index (χ3n) is 4.92. The highest BCUT2D eigenvalue weighted by Gasteiger charge is 2.29. The van der Waals surface area contributed by atoms with Crippen LogP contribution in [-0.4, -0.2) is 68.3 Å². The van der Waals surface area contributed by atoms with Gasteiger partial charge in [0, 0.05) is 45.8 Å². The van der Waals surface area contributed by atoms with Gasteiger partial charge in [-0.1, -0.05) is 30.3 Å². The first-order chi connectivity index (χ1) is 11.7. The normalized spacial score (nSPS) is 25.1. The molecule has 0 aliphatic carbocycles. The average Bonchev–Trinajstić information content (AvgIpc) is 3.05. The van der Waals surface area contributed by atoms with Crippen LogP contribution < -0.4 is 0 Å². The molecule has 0 bridgehead atoms. The first-order valence-corrected chi connectivity index (χ1v) is 8.89. The van der Waals surface area contributed by atoms with Gasteiger partial charge in [0.2, 0.25) is 5.91 Å². The molecule has 2 atom stereocenters. The van der Waals surface area contributed by atoms with Crippen LogP contribution in [-0.2, 0) is 20.8 Å². The van der Waals surface area contributed by atoms with Crippen molar-refractivity contribution >= 4 is 5.91 Å². The maximum Gasteiger partial charge on any atom is 0.225 e. The molecule has 1 aromatic carbocycles. The van der Waals surface area contributed by atoms with Crippen LogP contribution in [0.3, 0.4) is 0 Å². The summed E-state index contributed by atoms with van der Waals surface area (Å²) in [6, 6.07) is 10.5. The van der Waals surface area contributed by atoms with E-state index in [9.17, 15) is 4.79 Å². The predicted molar refractivity (Wildman–Crippen MR) is 92.6 cm³/mol. The second-order valence-electron chi connectivity index (χ2n) is 6.87. The van der Waals surface area contributed by atoms with Gasteiger partial charge in [-0.3, -0.25) is 9.69 Å². The summed E-state index contributed by atoms with van der Waals surface area (Å²) in [4.78, 5) is 16.9. The number of ether oxygens (including phenoxy) is 2. The molecule has 2 aliphatic heterocycles. The van der Waals surface area contributed by atoms with Crippen LogP contribution in [0.15, 0.2) is 30.3 Å². The van der Waals surface area contributed by atoms with Gasteiger partial charge < -0.3 is 14.4 Å². The van der Waals surface area contributed by atoms with Gasteiger partial charge >= 0.3 is 0 Å². The summed E-state index contributed by atoms with van der Waals surface area (Å²) in [5.74, 6) is 0.709. The lowest BCUT2D eigenvalue weighted by Crippen LogP contribution is -2.44. The summed E-state index contributed by atoms with van der Waals surface area (Å²) in [5, 5.41) is 0. The molecular formula is C19H28N2O3. The Morgan fingerprint density at radius 2 is 2.08 bits per heavy atom. The zero-order valence-electron chi connectivity index (χ0n) is 14.5. The van der Waals surface area contributed by atoms with Crippen LogP contribution in [0.25, 0.3) is 0 Å². The van der Waals surface area contributed by atoms with Gasteiger partial charge in [0.05, 0.1) is 25.7 Å². The molecule has 2 aliphatic rings. The second-order valence-corrected chi connectivity index (χ2v) is 6.87. The summed E-state index contributed by atoms with van der Waals surface area (Å²) in [7, 11) is 1.72. The Balaban J connectivity index is 1.46. The first kappa shape index (κ1) is 17.4. The topological polar surface area (TPSA) is 42.0 Å². The van der Waals surface area contributed by atoms with Crippen molar-refractivity contribution in [2.24, 2.45) is 5.92 Å². The Kier molecular flexibility index (Phi) is 6.24. The van der Waals surface area contributed by atoms with E-state index >= 15 is 0 Å². The number of hydrogen-bond acceptors (Lipinski definition) is 4. The molecule has 0 spiro atoms. The van der Waals surface area contributed by atoms with E-state index in [2.05, 4.69) is 29.2 Å². The molecule has 1 amide bonds. The van der Waals surface area contributed by atoms with E-state index in [4.69, 9.17) is 9.47 Å². The SMILES string of the molecule is COC[C@@H]1CCN(C(=O)C[C@@H]2CN(Cc3ccccc3)CCO2)C1. The zero-order chi connectivity index (χ0) is 16.8. The number of amides is 1. The van der Waals surface area contributed by atoms with E-state index in [-0.39, 0.29) is 12.0 Å². The average molecular weight is 332 g/mol. The van der Waals surface area contributed by atoms with Crippen molar-refractivity contribution in [3.05, 3.63) is 35.9 Å². The van der Waals surface area contributed by atoms with E-state index in [1.165, 1.54) is 5.56 Å². The lowest BCUT2D eigenvalue weighted by atomic mass is 10.1. The summed E-state index contributed by atoms with van der Waals surface area (Å²) in [5.41, 5.74) is 1.31. The van der Waals surface area contributed by atoms with Crippen molar-refractivity contribution in [1.29, 1.82) is 0 Å². The summed E-state index contributed by atoms with van der Waals surface area (Å²) in [6.45, 7) is 5.82. The molecule has 132 valence electrons. The number of carbonyl (C=O) groups is 1. The van der Waals surface area contributed by atoms with Crippen LogP contribution in [0.4, 0.5) is 0 Å². The Morgan fingerprint density at radius 3 is 2.88 bits per heavy atom. The van der Waals surface area contributed by atoms with Crippen LogP contribution >= 0.6 is 0 Å². The maximum atomic E-state index is 12.5. The molecule has 0 radical (unpaired) electrons. The summed E-state index contributed by atoms with van der Waals surface area (Å²) in [6.07, 6.45) is 1.55. The quantitative estimate of drug-likeness (QED) is 0.796. The first-order valence-electron chi connectivity index (χ1n) is 8.89. The van der Waals surface area contributed by atoms with Gasteiger partial charge in [-0.15, -0.1) is 0 Å². The molecule has 0 aromatic heterocycles. The largest absolute Gasteiger partial charge is 0.384 e. The molecule has 0 N–H and O–H groups in total. The van der Waals surface area contributed by atoms with Gasteiger partial charge in [-0.05, 0) is 12.0 Å². The lowest BCUT2D eigenvalue weighted by Gasteiger charge is -2.33. The van der Waals surface area contributed by atoms with Gasteiger partial charge in [0.25, 0.3) is 0 Å². The maximum absolute atomic E-state index is 12.5. The van der Waals surface area contributed by atoms with Gasteiger partial charge in [-0.2, -0.15) is 0 Å². The Morgan fingerprint density at radius 1 is 1.25 bits per heavy atom. The number of methoxy groups -OCH3 is 1. The number of benzene rings is 1. The molecule has 2 fully saturated rings. The minimum Gasteiger partial charge on any atom is -0.384 e. The second kappa shape index (κ2) is 8.60. The molecule has 24 heavy (non-hydrogen) atoms. The van der Waals surface area contributed by atoms with Crippen LogP contribution in [0, 0.1) is 5.92 Å². The summed E-state index contributed by atoms with van der Waals surface area (Å²) >= 11 is 0. The van der Waals surface area contributed by atoms with E-state index in [0.717, 1.165) is 45.8 Å². The van der Waals surface area contributed by atoms with Crippen molar-refractivity contribution in [2.75, 3.05) is 46.5 Å². The lowest BCUT2D eigenvalue weighted by molar-refractivity contribution is -0.135. The number of likely N-dealkylation sites (tertiary alicyclic amines) is 1. The minimum absolute atomic E-state index is 0.0106. The van der Waals surface area contributed by atoms with Crippen LogP contribution in [0.5, 0.6) is 0 Å². The molecule has 5 heteroatoms. The van der Waals surface area contributed by atoms with E-state index in [0.29, 0.717) is 18.9 Å². The predicted octanol–water partition coefficient (Wildman–Crippen LogP) is 1.77. The van der Waals surface area contributed by atoms with Crippen molar-refractivity contribution < 1.29 is 14.3 Å². The highest BCUT2D eigenvalue weighted by atomic mass is 16.5. The molecule has 2 saturated heterocycles. The molecule has 2 heterocycles. The van der Waals surface area contributed by atoms with E-state index in [1.807, 2.05) is 11.0 Å². The highest BCUT2D eigenvalue weighted by molar-refractivity contribution is 5.77. The molecule has 0 saturated carbocycles. The zero-order valence-corrected chi connectivity index (χ0v) is 14.5. The van der Waals surface area contributed by atoms with Crippen molar-refractivity contribution in [2.45, 2.75) is 25.5 Å². The Labute approximate surface area is 144 Å². The fraction of sp³-hybridized carbons (Fsp3) is 0.632.